The van der Waals surface area contributed by atoms with Gasteiger partial charge in [-0.25, -0.2) is 8.42 Å². The Kier molecular flexibility index (Phi) is 2.26. The highest BCUT2D eigenvalue weighted by molar-refractivity contribution is 7.90. The Labute approximate surface area is 90.2 Å². The summed E-state index contributed by atoms with van der Waals surface area (Å²) < 4.78 is 22.6. The van der Waals surface area contributed by atoms with E-state index >= 15 is 0 Å². The fourth-order valence-corrected chi connectivity index (χ4v) is 3.46. The van der Waals surface area contributed by atoms with Crippen molar-refractivity contribution in [1.29, 1.82) is 0 Å². The van der Waals surface area contributed by atoms with Crippen LogP contribution >= 0.6 is 0 Å². The average molecular weight is 225 g/mol. The van der Waals surface area contributed by atoms with E-state index in [0.717, 1.165) is 18.4 Å². The van der Waals surface area contributed by atoms with Crippen LogP contribution in [0.3, 0.4) is 0 Å². The Morgan fingerprint density at radius 2 is 1.80 bits per heavy atom. The van der Waals surface area contributed by atoms with Crippen LogP contribution in [-0.2, 0) is 15.3 Å². The zero-order valence-electron chi connectivity index (χ0n) is 8.73. The zero-order valence-corrected chi connectivity index (χ0v) is 9.55. The largest absolute Gasteiger partial charge is 0.399 e. The molecule has 2 N–H and O–H groups in total. The van der Waals surface area contributed by atoms with E-state index in [-0.39, 0.29) is 11.2 Å². The van der Waals surface area contributed by atoms with Gasteiger partial charge in [-0.15, -0.1) is 0 Å². The summed E-state index contributed by atoms with van der Waals surface area (Å²) in [6.45, 7) is 0. The van der Waals surface area contributed by atoms with Crippen molar-refractivity contribution in [3.8, 4) is 0 Å². The van der Waals surface area contributed by atoms with Crippen LogP contribution in [0.1, 0.15) is 18.4 Å². The molecule has 0 bridgehead atoms. The first kappa shape index (κ1) is 10.5. The molecule has 15 heavy (non-hydrogen) atoms. The number of hydrogen-bond acceptors (Lipinski definition) is 3. The molecule has 0 unspecified atom stereocenters. The van der Waals surface area contributed by atoms with Crippen LogP contribution in [0.2, 0.25) is 0 Å². The highest BCUT2D eigenvalue weighted by atomic mass is 32.2. The van der Waals surface area contributed by atoms with E-state index in [4.69, 9.17) is 5.73 Å². The monoisotopic (exact) mass is 225 g/mol. The summed E-state index contributed by atoms with van der Waals surface area (Å²) in [5, 5.41) is 0. The van der Waals surface area contributed by atoms with Crippen molar-refractivity contribution < 1.29 is 8.42 Å². The predicted octanol–water partition coefficient (Wildman–Crippen LogP) is 1.34. The lowest BCUT2D eigenvalue weighted by Gasteiger charge is -2.14. The molecule has 0 aliphatic heterocycles. The molecule has 1 aliphatic carbocycles. The maximum atomic E-state index is 11.3. The van der Waals surface area contributed by atoms with E-state index in [1.54, 1.807) is 0 Å². The minimum absolute atomic E-state index is 0.124. The van der Waals surface area contributed by atoms with Gasteiger partial charge in [0.05, 0.1) is 5.75 Å². The molecular weight excluding hydrogens is 210 g/mol. The molecule has 1 saturated carbocycles. The van der Waals surface area contributed by atoms with Crippen molar-refractivity contribution in [1.82, 2.24) is 0 Å². The topological polar surface area (TPSA) is 60.2 Å². The quantitative estimate of drug-likeness (QED) is 0.790. The molecule has 1 fully saturated rings. The molecule has 4 heteroatoms. The van der Waals surface area contributed by atoms with Crippen LogP contribution in [0.15, 0.2) is 24.3 Å². The number of anilines is 1. The summed E-state index contributed by atoms with van der Waals surface area (Å²) in [6, 6.07) is 7.54. The van der Waals surface area contributed by atoms with E-state index in [1.807, 2.05) is 24.3 Å². The van der Waals surface area contributed by atoms with Gasteiger partial charge in [-0.05, 0) is 30.5 Å². The molecule has 0 radical (unpaired) electrons. The molecule has 3 nitrogen and oxygen atoms in total. The van der Waals surface area contributed by atoms with Gasteiger partial charge in [0.15, 0.2) is 0 Å². The maximum Gasteiger partial charge on any atom is 0.148 e. The summed E-state index contributed by atoms with van der Waals surface area (Å²) >= 11 is 0. The summed E-state index contributed by atoms with van der Waals surface area (Å²) in [4.78, 5) is 0. The lowest BCUT2D eigenvalue weighted by atomic mass is 9.98. The summed E-state index contributed by atoms with van der Waals surface area (Å²) in [7, 11) is -2.91. The lowest BCUT2D eigenvalue weighted by Crippen LogP contribution is -2.19. The van der Waals surface area contributed by atoms with Gasteiger partial charge in [-0.3, -0.25) is 0 Å². The van der Waals surface area contributed by atoms with Crippen molar-refractivity contribution in [2.45, 2.75) is 18.3 Å². The van der Waals surface area contributed by atoms with Crippen molar-refractivity contribution in [3.05, 3.63) is 29.8 Å². The first-order valence-electron chi connectivity index (χ1n) is 4.95. The zero-order chi connectivity index (χ0) is 11.1. The number of nitrogen functional groups attached to an aromatic ring is 1. The van der Waals surface area contributed by atoms with E-state index in [2.05, 4.69) is 0 Å². The first-order valence-corrected chi connectivity index (χ1v) is 7.01. The Morgan fingerprint density at radius 3 is 2.20 bits per heavy atom. The molecule has 82 valence electrons. The third kappa shape index (κ3) is 2.31. The van der Waals surface area contributed by atoms with Gasteiger partial charge in [-0.1, -0.05) is 12.1 Å². The standard InChI is InChI=1S/C11H15NO2S/c1-15(13,14)8-11(6-7-11)9-2-4-10(12)5-3-9/h2-5H,6-8,12H2,1H3. The molecule has 1 aromatic rings. The third-order valence-corrected chi connectivity index (χ3v) is 3.99. The second-order valence-corrected chi connectivity index (χ2v) is 6.61. The van der Waals surface area contributed by atoms with Crippen molar-refractivity contribution >= 4 is 15.5 Å². The van der Waals surface area contributed by atoms with Crippen molar-refractivity contribution in [2.75, 3.05) is 17.7 Å². The fraction of sp³-hybridized carbons (Fsp3) is 0.455. The van der Waals surface area contributed by atoms with E-state index in [9.17, 15) is 8.42 Å². The fourth-order valence-electron chi connectivity index (χ4n) is 2.01. The summed E-state index contributed by atoms with van der Waals surface area (Å²) in [5.41, 5.74) is 7.29. The molecule has 0 atom stereocenters. The number of hydrogen-bond donors (Lipinski definition) is 1. The van der Waals surface area contributed by atoms with E-state index < -0.39 is 9.84 Å². The number of rotatable bonds is 3. The lowest BCUT2D eigenvalue weighted by molar-refractivity contribution is 0.592. The molecule has 0 spiro atoms. The van der Waals surface area contributed by atoms with E-state index in [1.165, 1.54) is 6.26 Å². The first-order chi connectivity index (χ1) is 6.91. The summed E-state index contributed by atoms with van der Waals surface area (Å²) in [6.07, 6.45) is 3.22. The minimum atomic E-state index is -2.91. The van der Waals surface area contributed by atoms with Crippen LogP contribution < -0.4 is 5.73 Å². The number of nitrogens with two attached hydrogens (primary N) is 1. The minimum Gasteiger partial charge on any atom is -0.399 e. The van der Waals surface area contributed by atoms with Crippen LogP contribution in [0.4, 0.5) is 5.69 Å². The molecule has 0 amide bonds. The molecule has 1 aromatic carbocycles. The van der Waals surface area contributed by atoms with Crippen LogP contribution in [0.25, 0.3) is 0 Å². The highest BCUT2D eigenvalue weighted by Gasteiger charge is 2.46. The Bertz CT molecular complexity index is 458. The molecule has 0 heterocycles. The molecule has 0 saturated heterocycles. The van der Waals surface area contributed by atoms with E-state index in [0.29, 0.717) is 5.69 Å². The van der Waals surface area contributed by atoms with Gasteiger partial charge < -0.3 is 5.73 Å². The van der Waals surface area contributed by atoms with Crippen molar-refractivity contribution in [2.24, 2.45) is 0 Å². The second-order valence-electron chi connectivity index (χ2n) is 4.47. The average Bonchev–Trinajstić information content (AvgIpc) is 2.83. The van der Waals surface area contributed by atoms with Gasteiger partial charge in [0.25, 0.3) is 0 Å². The van der Waals surface area contributed by atoms with Crippen LogP contribution in [-0.4, -0.2) is 20.4 Å². The molecular formula is C11H15NO2S. The Balaban J connectivity index is 2.27. The second kappa shape index (κ2) is 3.23. The smallest absolute Gasteiger partial charge is 0.148 e. The normalized spacial score (nSPS) is 18.7. The van der Waals surface area contributed by atoms with Gasteiger partial charge in [0.2, 0.25) is 0 Å². The van der Waals surface area contributed by atoms with Gasteiger partial charge in [0, 0.05) is 17.4 Å². The Morgan fingerprint density at radius 1 is 1.27 bits per heavy atom. The van der Waals surface area contributed by atoms with Crippen LogP contribution in [0.5, 0.6) is 0 Å². The number of sulfone groups is 1. The molecule has 1 aliphatic rings. The maximum absolute atomic E-state index is 11.3. The van der Waals surface area contributed by atoms with Gasteiger partial charge >= 0.3 is 0 Å². The summed E-state index contributed by atoms with van der Waals surface area (Å²) in [5.74, 6) is 0.254. The number of benzene rings is 1. The third-order valence-electron chi connectivity index (χ3n) is 2.92. The van der Waals surface area contributed by atoms with Gasteiger partial charge in [-0.2, -0.15) is 0 Å². The SMILES string of the molecule is CS(=O)(=O)CC1(c2ccc(N)cc2)CC1. The Hall–Kier alpha value is -1.03. The highest BCUT2D eigenvalue weighted by Crippen LogP contribution is 2.49. The molecule has 2 rings (SSSR count). The van der Waals surface area contributed by atoms with Crippen LogP contribution in [0, 0.1) is 0 Å². The molecule has 0 aromatic heterocycles. The van der Waals surface area contributed by atoms with Crippen molar-refractivity contribution in [3.63, 3.8) is 0 Å². The predicted molar refractivity (Wildman–Crippen MR) is 61.5 cm³/mol. The van der Waals surface area contributed by atoms with Gasteiger partial charge in [0.1, 0.15) is 9.84 Å².